The van der Waals surface area contributed by atoms with Gasteiger partial charge >= 0.3 is 5.97 Å². The molecule has 13 nitrogen and oxygen atoms in total. The lowest BCUT2D eigenvalue weighted by Gasteiger charge is -2.33. The van der Waals surface area contributed by atoms with Gasteiger partial charge in [-0.25, -0.2) is 20.0 Å². The third-order valence-electron chi connectivity index (χ3n) is 6.23. The van der Waals surface area contributed by atoms with Gasteiger partial charge in [0.1, 0.15) is 29.8 Å². The number of carbonyl (C=O) groups excluding carboxylic acids is 2. The van der Waals surface area contributed by atoms with E-state index >= 15 is 0 Å². The van der Waals surface area contributed by atoms with Gasteiger partial charge < -0.3 is 24.5 Å². The molecule has 2 unspecified atom stereocenters. The number of benzene rings is 1. The van der Waals surface area contributed by atoms with Crippen LogP contribution in [0.3, 0.4) is 0 Å². The average Bonchev–Trinajstić information content (AvgIpc) is 3.32. The van der Waals surface area contributed by atoms with E-state index in [9.17, 15) is 14.2 Å². The second kappa shape index (κ2) is 12.6. The van der Waals surface area contributed by atoms with Gasteiger partial charge in [-0.15, -0.1) is 0 Å². The van der Waals surface area contributed by atoms with Crippen LogP contribution < -0.4 is 15.9 Å². The number of ether oxygens (including phenoxy) is 3. The summed E-state index contributed by atoms with van der Waals surface area (Å²) in [5.74, 6) is -0.966. The van der Waals surface area contributed by atoms with Crippen molar-refractivity contribution in [3.05, 3.63) is 47.5 Å². The zero-order chi connectivity index (χ0) is 28.9. The Bertz CT molecular complexity index is 1390. The van der Waals surface area contributed by atoms with Gasteiger partial charge in [-0.05, 0) is 45.0 Å². The van der Waals surface area contributed by atoms with E-state index in [-0.39, 0.29) is 17.5 Å². The van der Waals surface area contributed by atoms with Crippen molar-refractivity contribution in [2.24, 2.45) is 0 Å². The Balaban J connectivity index is 1.48. The normalized spacial score (nSPS) is 16.8. The first kappa shape index (κ1) is 29.9. The minimum atomic E-state index is -3.88. The Morgan fingerprint density at radius 3 is 2.62 bits per heavy atom. The molecule has 1 aromatic carbocycles. The van der Waals surface area contributed by atoms with E-state index < -0.39 is 37.3 Å². The Kier molecular flexibility index (Phi) is 9.42. The first-order valence-electron chi connectivity index (χ1n) is 12.7. The number of hydrogen-bond acceptors (Lipinski definition) is 10. The number of imidazole rings is 1. The number of anilines is 1. The van der Waals surface area contributed by atoms with E-state index in [1.54, 1.807) is 43.8 Å². The zero-order valence-corrected chi connectivity index (χ0v) is 24.2. The third kappa shape index (κ3) is 7.55. The molecule has 0 spiro atoms. The molecule has 2 atom stereocenters. The molecular weight excluding hydrogens is 561 g/mol. The van der Waals surface area contributed by atoms with Crippen LogP contribution in [0.5, 0.6) is 0 Å². The van der Waals surface area contributed by atoms with E-state index in [4.69, 9.17) is 31.5 Å². The van der Waals surface area contributed by atoms with Crippen LogP contribution in [0.25, 0.3) is 11.2 Å². The number of nitrogens with one attached hydrogen (secondary N) is 2. The molecule has 2 aromatic heterocycles. The van der Waals surface area contributed by atoms with Crippen molar-refractivity contribution in [2.75, 3.05) is 25.3 Å². The van der Waals surface area contributed by atoms with Crippen LogP contribution in [0.15, 0.2) is 36.9 Å². The van der Waals surface area contributed by atoms with Crippen molar-refractivity contribution in [2.45, 2.75) is 57.9 Å². The van der Waals surface area contributed by atoms with Crippen LogP contribution in [-0.4, -0.2) is 68.7 Å². The van der Waals surface area contributed by atoms with Crippen LogP contribution in [0, 0.1) is 0 Å². The molecular formula is C25H33ClN7O6P. The molecule has 1 saturated heterocycles. The maximum atomic E-state index is 14.2. The molecule has 1 amide bonds. The van der Waals surface area contributed by atoms with E-state index in [1.165, 1.54) is 18.5 Å². The molecule has 0 radical (unpaired) electrons. The van der Waals surface area contributed by atoms with Gasteiger partial charge in [-0.1, -0.05) is 11.6 Å². The lowest BCUT2D eigenvalue weighted by molar-refractivity contribution is -0.159. The predicted molar refractivity (Wildman–Crippen MR) is 149 cm³/mol. The summed E-state index contributed by atoms with van der Waals surface area (Å²) in [6.45, 7) is 6.15. The Hall–Kier alpha value is -3.09. The van der Waals surface area contributed by atoms with Gasteiger partial charge in [0, 0.05) is 23.4 Å². The molecule has 3 aromatic rings. The van der Waals surface area contributed by atoms with Crippen molar-refractivity contribution in [3.8, 4) is 0 Å². The summed E-state index contributed by atoms with van der Waals surface area (Å²) in [5, 5.41) is 5.83. The van der Waals surface area contributed by atoms with Crippen molar-refractivity contribution in [1.29, 1.82) is 0 Å². The number of fused-ring (bicyclic) bond motifs is 1. The molecule has 0 bridgehead atoms. The molecule has 0 aliphatic carbocycles. The monoisotopic (exact) mass is 593 g/mol. The maximum absolute atomic E-state index is 14.2. The van der Waals surface area contributed by atoms with Crippen LogP contribution >= 0.6 is 19.0 Å². The van der Waals surface area contributed by atoms with E-state index in [1.807, 2.05) is 0 Å². The highest BCUT2D eigenvalue weighted by Crippen LogP contribution is 2.40. The molecule has 15 heteroatoms. The Morgan fingerprint density at radius 1 is 1.23 bits per heavy atom. The number of nitrogen functional groups attached to an aromatic ring is 1. The number of hydrogen-bond donors (Lipinski definition) is 3. The molecule has 40 heavy (non-hydrogen) atoms. The van der Waals surface area contributed by atoms with Gasteiger partial charge in [0.25, 0.3) is 13.4 Å². The fourth-order valence-electron chi connectivity index (χ4n) is 4.11. The molecule has 4 N–H and O–H groups in total. The molecule has 1 aliphatic heterocycles. The fraction of sp³-hybridized carbons (Fsp3) is 0.480. The number of nitrogens with two attached hydrogens (primary N) is 1. The summed E-state index contributed by atoms with van der Waals surface area (Å²) in [6.07, 6.45) is 2.85. The Labute approximate surface area is 236 Å². The van der Waals surface area contributed by atoms with Gasteiger partial charge in [-0.3, -0.25) is 19.2 Å². The summed E-state index contributed by atoms with van der Waals surface area (Å²) >= 11 is 5.94. The number of amides is 1. The predicted octanol–water partition coefficient (Wildman–Crippen LogP) is 3.14. The smallest absolute Gasteiger partial charge is 0.326 e. The molecule has 1 fully saturated rings. The van der Waals surface area contributed by atoms with Gasteiger partial charge in [0.2, 0.25) is 0 Å². The quantitative estimate of drug-likeness (QED) is 0.220. The summed E-state index contributed by atoms with van der Waals surface area (Å²) in [6, 6.07) is 6.12. The summed E-state index contributed by atoms with van der Waals surface area (Å²) in [7, 11) is -3.88. The van der Waals surface area contributed by atoms with Crippen LogP contribution in [0.2, 0.25) is 5.02 Å². The number of halogens is 1. The molecule has 0 saturated carbocycles. The van der Waals surface area contributed by atoms with Crippen molar-refractivity contribution in [3.63, 3.8) is 0 Å². The lowest BCUT2D eigenvalue weighted by Crippen LogP contribution is -2.50. The average molecular weight is 594 g/mol. The van der Waals surface area contributed by atoms with Crippen molar-refractivity contribution < 1.29 is 28.4 Å². The van der Waals surface area contributed by atoms with Gasteiger partial charge in [-0.2, -0.15) is 0 Å². The summed E-state index contributed by atoms with van der Waals surface area (Å²) < 4.78 is 32.8. The largest absolute Gasteiger partial charge is 0.461 e. The standard InChI is InChI=1S/C25H33ClN7O6P/c1-16(12-33-14-30-20-21(27)28-13-29-22(20)33)38-15-40(36,31-23(34)17-4-6-18(26)7-5-17)32-25(2,3)24(35)39-19-8-10-37-11-9-19/h4-7,13-14,16,19H,8-12,15H2,1-3H3,(H2,27,28,29)(H2,31,32,34,36). The van der Waals surface area contributed by atoms with Crippen molar-refractivity contribution in [1.82, 2.24) is 29.7 Å². The Morgan fingerprint density at radius 2 is 1.93 bits per heavy atom. The SMILES string of the molecule is CC(Cn1cnc2c(N)ncnc21)OCP(=O)(NC(=O)c1ccc(Cl)cc1)NC(C)(C)C(=O)OC1CCOCC1. The van der Waals surface area contributed by atoms with Crippen molar-refractivity contribution >= 4 is 47.9 Å². The minimum Gasteiger partial charge on any atom is -0.461 e. The highest BCUT2D eigenvalue weighted by Gasteiger charge is 2.40. The van der Waals surface area contributed by atoms with Crippen LogP contribution in [-0.2, 0) is 30.1 Å². The first-order chi connectivity index (χ1) is 19.0. The number of esters is 1. The van der Waals surface area contributed by atoms with Crippen LogP contribution in [0.4, 0.5) is 5.82 Å². The lowest BCUT2D eigenvalue weighted by atomic mass is 10.1. The zero-order valence-electron chi connectivity index (χ0n) is 22.5. The highest BCUT2D eigenvalue weighted by atomic mass is 35.5. The number of nitrogens with zero attached hydrogens (tertiary/aromatic N) is 4. The van der Waals surface area contributed by atoms with Crippen LogP contribution in [0.1, 0.15) is 44.0 Å². The second-order valence-electron chi connectivity index (χ2n) is 10.1. The van der Waals surface area contributed by atoms with Gasteiger partial charge in [0.05, 0.1) is 32.2 Å². The second-order valence-corrected chi connectivity index (χ2v) is 12.7. The summed E-state index contributed by atoms with van der Waals surface area (Å²) in [5.41, 5.74) is 5.68. The molecule has 3 heterocycles. The van der Waals surface area contributed by atoms with Gasteiger partial charge in [0.15, 0.2) is 11.5 Å². The van der Waals surface area contributed by atoms with E-state index in [0.29, 0.717) is 48.8 Å². The van der Waals surface area contributed by atoms with E-state index in [0.717, 1.165) is 0 Å². The highest BCUT2D eigenvalue weighted by molar-refractivity contribution is 7.60. The fourth-order valence-corrected chi connectivity index (χ4v) is 6.33. The molecule has 4 rings (SSSR count). The molecule has 1 aliphatic rings. The minimum absolute atomic E-state index is 0.240. The number of rotatable bonds is 11. The number of aromatic nitrogens is 4. The summed E-state index contributed by atoms with van der Waals surface area (Å²) in [4.78, 5) is 38.5. The number of carbonyl (C=O) groups is 2. The molecule has 216 valence electrons. The third-order valence-corrected chi connectivity index (χ3v) is 8.47. The topological polar surface area (TPSA) is 173 Å². The first-order valence-corrected chi connectivity index (χ1v) is 15.0. The van der Waals surface area contributed by atoms with E-state index in [2.05, 4.69) is 25.1 Å². The maximum Gasteiger partial charge on any atom is 0.326 e.